The Labute approximate surface area is 110 Å². The zero-order valence-electron chi connectivity index (χ0n) is 10.1. The first kappa shape index (κ1) is 13.3. The molecule has 2 atom stereocenters. The molecule has 1 saturated heterocycles. The largest absolute Gasteiger partial charge is 0.377 e. The number of non-ortho nitro benzene ring substituents is 1. The van der Waals surface area contributed by atoms with Gasteiger partial charge in [-0.2, -0.15) is 0 Å². The van der Waals surface area contributed by atoms with Crippen LogP contribution >= 0.6 is 11.6 Å². The van der Waals surface area contributed by atoms with Crippen LogP contribution in [0.2, 0.25) is 5.02 Å². The SMILES string of the molecule is CC1OCCC1NCc1cc([N+](=O)[O-])ccc1Cl. The van der Waals surface area contributed by atoms with E-state index in [0.29, 0.717) is 11.6 Å². The van der Waals surface area contributed by atoms with Crippen LogP contribution in [0.15, 0.2) is 18.2 Å². The van der Waals surface area contributed by atoms with Crippen molar-refractivity contribution in [2.75, 3.05) is 6.61 Å². The Morgan fingerprint density at radius 3 is 3.00 bits per heavy atom. The normalized spacial score (nSPS) is 23.2. The number of nitro groups is 1. The van der Waals surface area contributed by atoms with Gasteiger partial charge in [0.05, 0.1) is 11.0 Å². The molecule has 6 heteroatoms. The summed E-state index contributed by atoms with van der Waals surface area (Å²) < 4.78 is 5.44. The molecule has 1 aliphatic rings. The van der Waals surface area contributed by atoms with Crippen molar-refractivity contribution < 1.29 is 9.66 Å². The Kier molecular flexibility index (Phi) is 4.16. The molecule has 1 heterocycles. The van der Waals surface area contributed by atoms with Crippen molar-refractivity contribution in [3.05, 3.63) is 38.9 Å². The lowest BCUT2D eigenvalue weighted by atomic mass is 10.1. The predicted octanol–water partition coefficient (Wildman–Crippen LogP) is 2.52. The van der Waals surface area contributed by atoms with Crippen molar-refractivity contribution in [2.24, 2.45) is 0 Å². The molecule has 1 aromatic rings. The van der Waals surface area contributed by atoms with E-state index in [2.05, 4.69) is 5.32 Å². The summed E-state index contributed by atoms with van der Waals surface area (Å²) in [6, 6.07) is 4.76. The second kappa shape index (κ2) is 5.65. The van der Waals surface area contributed by atoms with Crippen molar-refractivity contribution in [1.82, 2.24) is 5.32 Å². The summed E-state index contributed by atoms with van der Waals surface area (Å²) in [7, 11) is 0. The van der Waals surface area contributed by atoms with Gasteiger partial charge in [-0.1, -0.05) is 11.6 Å². The monoisotopic (exact) mass is 270 g/mol. The van der Waals surface area contributed by atoms with Crippen molar-refractivity contribution in [3.8, 4) is 0 Å². The van der Waals surface area contributed by atoms with Crippen LogP contribution in [-0.2, 0) is 11.3 Å². The average Bonchev–Trinajstić information content (AvgIpc) is 2.73. The minimum Gasteiger partial charge on any atom is -0.377 e. The molecule has 0 aromatic heterocycles. The molecule has 0 bridgehead atoms. The Morgan fingerprint density at radius 2 is 2.39 bits per heavy atom. The fourth-order valence-corrected chi connectivity index (χ4v) is 2.24. The highest BCUT2D eigenvalue weighted by Gasteiger charge is 2.23. The number of nitrogens with zero attached hydrogens (tertiary/aromatic N) is 1. The molecule has 98 valence electrons. The maximum atomic E-state index is 10.7. The predicted molar refractivity (Wildman–Crippen MR) is 68.8 cm³/mol. The van der Waals surface area contributed by atoms with Gasteiger partial charge in [-0.25, -0.2) is 0 Å². The number of ether oxygens (including phenoxy) is 1. The van der Waals surface area contributed by atoms with Crippen molar-refractivity contribution >= 4 is 17.3 Å². The summed E-state index contributed by atoms with van der Waals surface area (Å²) >= 11 is 6.03. The number of hydrogen-bond acceptors (Lipinski definition) is 4. The molecule has 1 fully saturated rings. The summed E-state index contributed by atoms with van der Waals surface area (Å²) in [6.07, 6.45) is 1.12. The molecular formula is C12H15ClN2O3. The molecule has 0 spiro atoms. The number of nitrogens with one attached hydrogen (secondary N) is 1. The number of rotatable bonds is 4. The first-order valence-corrected chi connectivity index (χ1v) is 6.23. The van der Waals surface area contributed by atoms with Gasteiger partial charge in [-0.05, 0) is 25.0 Å². The van der Waals surface area contributed by atoms with Gasteiger partial charge in [0.15, 0.2) is 0 Å². The van der Waals surface area contributed by atoms with Gasteiger partial charge in [-0.15, -0.1) is 0 Å². The lowest BCUT2D eigenvalue weighted by Gasteiger charge is -2.16. The van der Waals surface area contributed by atoms with Gasteiger partial charge < -0.3 is 10.1 Å². The molecule has 5 nitrogen and oxygen atoms in total. The minimum atomic E-state index is -0.416. The van der Waals surface area contributed by atoms with Crippen LogP contribution in [-0.4, -0.2) is 23.7 Å². The highest BCUT2D eigenvalue weighted by Crippen LogP contribution is 2.22. The second-order valence-corrected chi connectivity index (χ2v) is 4.79. The maximum Gasteiger partial charge on any atom is 0.269 e. The van der Waals surface area contributed by atoms with E-state index in [4.69, 9.17) is 16.3 Å². The van der Waals surface area contributed by atoms with E-state index >= 15 is 0 Å². The summed E-state index contributed by atoms with van der Waals surface area (Å²) in [5.41, 5.74) is 0.803. The molecule has 2 rings (SSSR count). The number of halogens is 1. The van der Waals surface area contributed by atoms with Crippen LogP contribution in [0.4, 0.5) is 5.69 Å². The van der Waals surface area contributed by atoms with E-state index in [1.54, 1.807) is 6.07 Å². The van der Waals surface area contributed by atoms with Crippen LogP contribution < -0.4 is 5.32 Å². The fraction of sp³-hybridized carbons (Fsp3) is 0.500. The molecular weight excluding hydrogens is 256 g/mol. The Balaban J connectivity index is 2.04. The van der Waals surface area contributed by atoms with Crippen LogP contribution in [0.3, 0.4) is 0 Å². The number of nitro benzene ring substituents is 1. The second-order valence-electron chi connectivity index (χ2n) is 4.38. The molecule has 0 radical (unpaired) electrons. The van der Waals surface area contributed by atoms with Crippen LogP contribution in [0.1, 0.15) is 18.9 Å². The Bertz CT molecular complexity index is 453. The van der Waals surface area contributed by atoms with Crippen LogP contribution in [0, 0.1) is 10.1 Å². The first-order chi connectivity index (χ1) is 8.58. The summed E-state index contributed by atoms with van der Waals surface area (Å²) in [6.45, 7) is 3.28. The quantitative estimate of drug-likeness (QED) is 0.674. The van der Waals surface area contributed by atoms with Gasteiger partial charge in [0.25, 0.3) is 5.69 Å². The molecule has 0 saturated carbocycles. The lowest BCUT2D eigenvalue weighted by molar-refractivity contribution is -0.384. The molecule has 1 aromatic carbocycles. The summed E-state index contributed by atoms with van der Waals surface area (Å²) in [5, 5.41) is 14.6. The van der Waals surface area contributed by atoms with E-state index in [-0.39, 0.29) is 17.8 Å². The molecule has 0 amide bonds. The molecule has 18 heavy (non-hydrogen) atoms. The smallest absolute Gasteiger partial charge is 0.269 e. The zero-order valence-corrected chi connectivity index (χ0v) is 10.8. The van der Waals surface area contributed by atoms with Crippen molar-refractivity contribution in [1.29, 1.82) is 0 Å². The first-order valence-electron chi connectivity index (χ1n) is 5.85. The van der Waals surface area contributed by atoms with E-state index in [0.717, 1.165) is 18.6 Å². The summed E-state index contributed by atoms with van der Waals surface area (Å²) in [4.78, 5) is 10.3. The molecule has 2 unspecified atom stereocenters. The average molecular weight is 271 g/mol. The third-order valence-electron chi connectivity index (χ3n) is 3.17. The van der Waals surface area contributed by atoms with Gasteiger partial charge >= 0.3 is 0 Å². The van der Waals surface area contributed by atoms with Gasteiger partial charge in [0.2, 0.25) is 0 Å². The minimum absolute atomic E-state index is 0.0620. The zero-order chi connectivity index (χ0) is 13.1. The molecule has 1 N–H and O–H groups in total. The van der Waals surface area contributed by atoms with E-state index in [1.165, 1.54) is 12.1 Å². The van der Waals surface area contributed by atoms with Gasteiger partial charge in [-0.3, -0.25) is 10.1 Å². The number of benzene rings is 1. The number of hydrogen-bond donors (Lipinski definition) is 1. The van der Waals surface area contributed by atoms with E-state index in [9.17, 15) is 10.1 Å². The standard InChI is InChI=1S/C12H15ClN2O3/c1-8-12(4-5-18-8)14-7-9-6-10(15(16)17)2-3-11(9)13/h2-3,6,8,12,14H,4-5,7H2,1H3. The Morgan fingerprint density at radius 1 is 1.61 bits per heavy atom. The van der Waals surface area contributed by atoms with Gasteiger partial charge in [0.1, 0.15) is 0 Å². The highest BCUT2D eigenvalue weighted by atomic mass is 35.5. The third-order valence-corrected chi connectivity index (χ3v) is 3.54. The van der Waals surface area contributed by atoms with Crippen molar-refractivity contribution in [2.45, 2.75) is 32.0 Å². The molecule has 0 aliphatic carbocycles. The van der Waals surface area contributed by atoms with Crippen LogP contribution in [0.5, 0.6) is 0 Å². The van der Waals surface area contributed by atoms with Gasteiger partial charge in [0, 0.05) is 36.3 Å². The van der Waals surface area contributed by atoms with E-state index < -0.39 is 4.92 Å². The molecule has 1 aliphatic heterocycles. The van der Waals surface area contributed by atoms with Crippen LogP contribution in [0.25, 0.3) is 0 Å². The summed E-state index contributed by atoms with van der Waals surface area (Å²) in [5.74, 6) is 0. The fourth-order valence-electron chi connectivity index (χ4n) is 2.05. The third kappa shape index (κ3) is 2.98. The van der Waals surface area contributed by atoms with E-state index in [1.807, 2.05) is 6.92 Å². The topological polar surface area (TPSA) is 64.4 Å². The highest BCUT2D eigenvalue weighted by molar-refractivity contribution is 6.31. The Hall–Kier alpha value is -1.17. The van der Waals surface area contributed by atoms with Crippen molar-refractivity contribution in [3.63, 3.8) is 0 Å². The lowest BCUT2D eigenvalue weighted by Crippen LogP contribution is -2.34. The maximum absolute atomic E-state index is 10.7.